The van der Waals surface area contributed by atoms with Crippen molar-refractivity contribution in [2.24, 2.45) is 0 Å². The summed E-state index contributed by atoms with van der Waals surface area (Å²) >= 11 is 0. The molecule has 7 nitrogen and oxygen atoms in total. The Morgan fingerprint density at radius 1 is 1.47 bits per heavy atom. The minimum Gasteiger partial charge on any atom is -0.342 e. The number of nitrogens with zero attached hydrogens (tertiary/aromatic N) is 5. The van der Waals surface area contributed by atoms with Gasteiger partial charge in [0.05, 0.1) is 6.54 Å². The van der Waals surface area contributed by atoms with Gasteiger partial charge >= 0.3 is 0 Å². The van der Waals surface area contributed by atoms with E-state index in [9.17, 15) is 4.79 Å². The van der Waals surface area contributed by atoms with Gasteiger partial charge in [0.1, 0.15) is 0 Å². The van der Waals surface area contributed by atoms with Crippen molar-refractivity contribution in [2.45, 2.75) is 20.3 Å². The zero-order chi connectivity index (χ0) is 13.7. The summed E-state index contributed by atoms with van der Waals surface area (Å²) in [7, 11) is 0. The van der Waals surface area contributed by atoms with E-state index in [0.29, 0.717) is 18.9 Å². The van der Waals surface area contributed by atoms with E-state index in [0.717, 1.165) is 31.6 Å². The van der Waals surface area contributed by atoms with Gasteiger partial charge in [-0.15, -0.1) is 10.2 Å². The van der Waals surface area contributed by atoms with Crippen LogP contribution in [-0.2, 0) is 4.79 Å². The lowest BCUT2D eigenvalue weighted by Gasteiger charge is -2.28. The van der Waals surface area contributed by atoms with Gasteiger partial charge in [-0.05, 0) is 25.5 Å². The van der Waals surface area contributed by atoms with Gasteiger partial charge in [-0.2, -0.15) is 5.21 Å². The van der Waals surface area contributed by atoms with Crippen LogP contribution < -0.4 is 0 Å². The summed E-state index contributed by atoms with van der Waals surface area (Å²) in [6.45, 7) is 7.58. The summed E-state index contributed by atoms with van der Waals surface area (Å²) in [4.78, 5) is 16.1. The summed E-state index contributed by atoms with van der Waals surface area (Å²) in [5.41, 5.74) is 1.03. The molecule has 1 N–H and O–H groups in total. The number of nitrogens with one attached hydrogen (secondary N) is 1. The van der Waals surface area contributed by atoms with Crippen LogP contribution in [0.15, 0.2) is 6.08 Å². The highest BCUT2D eigenvalue weighted by Crippen LogP contribution is 2.16. The number of H-pyrrole nitrogens is 1. The van der Waals surface area contributed by atoms with E-state index in [2.05, 4.69) is 31.6 Å². The number of hydrogen-bond acceptors (Lipinski definition) is 5. The number of tetrazole rings is 1. The lowest BCUT2D eigenvalue weighted by atomic mass is 10.1. The van der Waals surface area contributed by atoms with Crippen LogP contribution in [0.1, 0.15) is 26.1 Å². The van der Waals surface area contributed by atoms with Gasteiger partial charge in [0.2, 0.25) is 11.7 Å². The standard InChI is InChI=1S/C12H20N6O/c1-3-18(4-2)11(19)9-17-7-5-6-10(8-17)12-13-15-16-14-12/h6H,3-5,7-9H2,1-2H3,(H,13,14,15,16). The van der Waals surface area contributed by atoms with Crippen molar-refractivity contribution in [2.75, 3.05) is 32.7 Å². The second kappa shape index (κ2) is 6.42. The highest BCUT2D eigenvalue weighted by molar-refractivity contribution is 5.78. The first-order valence-corrected chi connectivity index (χ1v) is 6.67. The molecule has 7 heteroatoms. The summed E-state index contributed by atoms with van der Waals surface area (Å²) in [6.07, 6.45) is 3.03. The second-order valence-corrected chi connectivity index (χ2v) is 4.53. The van der Waals surface area contributed by atoms with Crippen molar-refractivity contribution in [1.82, 2.24) is 30.4 Å². The first-order chi connectivity index (χ1) is 9.24. The first kappa shape index (κ1) is 13.7. The minimum absolute atomic E-state index is 0.180. The molecule has 1 aromatic rings. The maximum atomic E-state index is 12.1. The molecule has 0 aliphatic carbocycles. The molecule has 0 saturated carbocycles. The highest BCUT2D eigenvalue weighted by atomic mass is 16.2. The van der Waals surface area contributed by atoms with Crippen molar-refractivity contribution in [3.63, 3.8) is 0 Å². The molecular formula is C12H20N6O. The van der Waals surface area contributed by atoms with Crippen molar-refractivity contribution < 1.29 is 4.79 Å². The fourth-order valence-corrected chi connectivity index (χ4v) is 2.27. The normalized spacial score (nSPS) is 16.2. The quantitative estimate of drug-likeness (QED) is 0.819. The summed E-state index contributed by atoms with van der Waals surface area (Å²) in [6, 6.07) is 0. The highest BCUT2D eigenvalue weighted by Gasteiger charge is 2.20. The molecule has 19 heavy (non-hydrogen) atoms. The van der Waals surface area contributed by atoms with Crippen LogP contribution in [0.5, 0.6) is 0 Å². The van der Waals surface area contributed by atoms with Gasteiger partial charge in [-0.1, -0.05) is 6.08 Å². The Morgan fingerprint density at radius 2 is 2.26 bits per heavy atom. The van der Waals surface area contributed by atoms with Gasteiger partial charge in [-0.25, -0.2) is 0 Å². The molecule has 0 radical (unpaired) electrons. The van der Waals surface area contributed by atoms with Crippen molar-refractivity contribution >= 4 is 11.5 Å². The monoisotopic (exact) mass is 264 g/mol. The Labute approximate surface area is 112 Å². The molecule has 0 saturated heterocycles. The number of hydrogen-bond donors (Lipinski definition) is 1. The molecule has 104 valence electrons. The van der Waals surface area contributed by atoms with Gasteiger partial charge in [0, 0.05) is 31.8 Å². The maximum absolute atomic E-state index is 12.1. The SMILES string of the molecule is CCN(CC)C(=O)CN1CCC=C(c2nn[nH]n2)C1. The van der Waals surface area contributed by atoms with Crippen LogP contribution in [0.4, 0.5) is 0 Å². The number of likely N-dealkylation sites (N-methyl/N-ethyl adjacent to an activating group) is 1. The average Bonchev–Trinajstić information content (AvgIpc) is 2.94. The fraction of sp³-hybridized carbons (Fsp3) is 0.667. The Balaban J connectivity index is 1.93. The fourth-order valence-electron chi connectivity index (χ4n) is 2.27. The van der Waals surface area contributed by atoms with Crippen LogP contribution in [-0.4, -0.2) is 69.1 Å². The number of amides is 1. The number of carbonyl (C=O) groups is 1. The lowest BCUT2D eigenvalue weighted by molar-refractivity contribution is -0.131. The Hall–Kier alpha value is -1.76. The molecule has 2 rings (SSSR count). The zero-order valence-electron chi connectivity index (χ0n) is 11.5. The maximum Gasteiger partial charge on any atom is 0.236 e. The molecule has 2 heterocycles. The van der Waals surface area contributed by atoms with Gasteiger partial charge < -0.3 is 4.90 Å². The zero-order valence-corrected chi connectivity index (χ0v) is 11.5. The largest absolute Gasteiger partial charge is 0.342 e. The molecule has 1 aromatic heterocycles. The van der Waals surface area contributed by atoms with Gasteiger partial charge in [0.15, 0.2) is 0 Å². The third-order valence-corrected chi connectivity index (χ3v) is 3.34. The molecule has 0 spiro atoms. The molecule has 1 aliphatic rings. The number of aromatic nitrogens is 4. The summed E-state index contributed by atoms with van der Waals surface area (Å²) in [5, 5.41) is 14.0. The average molecular weight is 264 g/mol. The van der Waals surface area contributed by atoms with Crippen LogP contribution in [0, 0.1) is 0 Å². The van der Waals surface area contributed by atoms with E-state index in [1.165, 1.54) is 0 Å². The number of aromatic amines is 1. The van der Waals surface area contributed by atoms with E-state index in [1.54, 1.807) is 0 Å². The van der Waals surface area contributed by atoms with E-state index in [1.807, 2.05) is 18.7 Å². The molecule has 0 atom stereocenters. The molecule has 0 aromatic carbocycles. The van der Waals surface area contributed by atoms with Crippen LogP contribution in [0.3, 0.4) is 0 Å². The minimum atomic E-state index is 0.180. The van der Waals surface area contributed by atoms with Crippen molar-refractivity contribution in [3.8, 4) is 0 Å². The Morgan fingerprint density at radius 3 is 2.89 bits per heavy atom. The Bertz CT molecular complexity index is 437. The topological polar surface area (TPSA) is 78.0 Å². The van der Waals surface area contributed by atoms with E-state index < -0.39 is 0 Å². The molecule has 0 unspecified atom stereocenters. The van der Waals surface area contributed by atoms with Crippen molar-refractivity contribution in [3.05, 3.63) is 11.9 Å². The predicted molar refractivity (Wildman–Crippen MR) is 71.1 cm³/mol. The molecule has 1 aliphatic heterocycles. The third-order valence-electron chi connectivity index (χ3n) is 3.34. The van der Waals surface area contributed by atoms with Crippen LogP contribution >= 0.6 is 0 Å². The Kier molecular flexibility index (Phi) is 4.62. The number of rotatable bonds is 5. The van der Waals surface area contributed by atoms with E-state index >= 15 is 0 Å². The smallest absolute Gasteiger partial charge is 0.236 e. The van der Waals surface area contributed by atoms with E-state index in [-0.39, 0.29) is 5.91 Å². The first-order valence-electron chi connectivity index (χ1n) is 6.67. The second-order valence-electron chi connectivity index (χ2n) is 4.53. The molecule has 0 fully saturated rings. The van der Waals surface area contributed by atoms with Gasteiger partial charge in [0.25, 0.3) is 0 Å². The molecule has 1 amide bonds. The lowest BCUT2D eigenvalue weighted by Crippen LogP contribution is -2.42. The van der Waals surface area contributed by atoms with Gasteiger partial charge in [-0.3, -0.25) is 9.69 Å². The molecular weight excluding hydrogens is 244 g/mol. The summed E-state index contributed by atoms with van der Waals surface area (Å²) in [5.74, 6) is 0.805. The number of carbonyl (C=O) groups excluding carboxylic acids is 1. The van der Waals surface area contributed by atoms with Crippen LogP contribution in [0.25, 0.3) is 5.57 Å². The van der Waals surface area contributed by atoms with E-state index in [4.69, 9.17) is 0 Å². The third kappa shape index (κ3) is 3.37. The van der Waals surface area contributed by atoms with Crippen LogP contribution in [0.2, 0.25) is 0 Å². The molecule has 0 bridgehead atoms. The van der Waals surface area contributed by atoms with Crippen molar-refractivity contribution in [1.29, 1.82) is 0 Å². The summed E-state index contributed by atoms with van der Waals surface area (Å²) < 4.78 is 0. The predicted octanol–water partition coefficient (Wildman–Crippen LogP) is 0.157.